The highest BCUT2D eigenvalue weighted by molar-refractivity contribution is 9.10. The number of nitrogens with zero attached hydrogens (tertiary/aromatic N) is 3. The summed E-state index contributed by atoms with van der Waals surface area (Å²) in [5.41, 5.74) is 4.71. The van der Waals surface area contributed by atoms with Crippen LogP contribution in [0, 0.1) is 0 Å². The molecule has 7 nitrogen and oxygen atoms in total. The normalized spacial score (nSPS) is 16.1. The topological polar surface area (TPSA) is 82.1 Å². The van der Waals surface area contributed by atoms with E-state index < -0.39 is 10.0 Å². The molecule has 1 aliphatic heterocycles. The van der Waals surface area contributed by atoms with Gasteiger partial charge in [0.1, 0.15) is 0 Å². The summed E-state index contributed by atoms with van der Waals surface area (Å²) >= 11 is 3.32. The van der Waals surface area contributed by atoms with Gasteiger partial charge in [-0.25, -0.2) is 13.8 Å². The van der Waals surface area contributed by atoms with Gasteiger partial charge in [-0.15, -0.1) is 0 Å². The highest BCUT2D eigenvalue weighted by Crippen LogP contribution is 2.20. The highest BCUT2D eigenvalue weighted by atomic mass is 79.9. The Hall–Kier alpha value is -2.07. The third-order valence-corrected chi connectivity index (χ3v) is 7.60. The van der Waals surface area contributed by atoms with E-state index in [4.69, 9.17) is 0 Å². The van der Waals surface area contributed by atoms with Gasteiger partial charge in [-0.1, -0.05) is 54.0 Å². The minimum atomic E-state index is -3.52. The van der Waals surface area contributed by atoms with Gasteiger partial charge in [-0.05, 0) is 41.3 Å². The van der Waals surface area contributed by atoms with E-state index >= 15 is 0 Å². The molecule has 166 valence electrons. The van der Waals surface area contributed by atoms with E-state index in [0.29, 0.717) is 32.1 Å². The minimum Gasteiger partial charge on any atom is -0.292 e. The number of benzene rings is 2. The molecule has 0 aromatic heterocycles. The first kappa shape index (κ1) is 23.6. The molecule has 1 amide bonds. The summed E-state index contributed by atoms with van der Waals surface area (Å²) in [7, 11) is -3.52. The number of hydrogen-bond acceptors (Lipinski definition) is 5. The monoisotopic (exact) mass is 506 g/mol. The van der Waals surface area contributed by atoms with E-state index in [-0.39, 0.29) is 17.3 Å². The van der Waals surface area contributed by atoms with Crippen LogP contribution in [0.2, 0.25) is 0 Å². The molecule has 9 heteroatoms. The molecule has 3 rings (SSSR count). The van der Waals surface area contributed by atoms with Gasteiger partial charge >= 0.3 is 0 Å². The summed E-state index contributed by atoms with van der Waals surface area (Å²) in [6.07, 6.45) is 1.62. The number of halogens is 1. The van der Waals surface area contributed by atoms with Gasteiger partial charge in [-0.2, -0.15) is 9.41 Å². The zero-order valence-corrected chi connectivity index (χ0v) is 20.1. The smallest absolute Gasteiger partial charge is 0.254 e. The van der Waals surface area contributed by atoms with Crippen LogP contribution in [-0.4, -0.2) is 62.5 Å². The third kappa shape index (κ3) is 6.46. The van der Waals surface area contributed by atoms with Crippen LogP contribution >= 0.6 is 15.9 Å². The van der Waals surface area contributed by atoms with E-state index in [1.54, 1.807) is 30.5 Å². The maximum atomic E-state index is 12.8. The molecule has 1 N–H and O–H groups in total. The Morgan fingerprint density at radius 3 is 2.26 bits per heavy atom. The number of piperazine rings is 1. The quantitative estimate of drug-likeness (QED) is 0.462. The molecule has 0 unspecified atom stereocenters. The van der Waals surface area contributed by atoms with E-state index in [1.807, 2.05) is 17.0 Å². The second kappa shape index (κ2) is 10.5. The van der Waals surface area contributed by atoms with Crippen LogP contribution in [-0.2, 0) is 14.8 Å². The molecule has 0 bridgehead atoms. The number of rotatable bonds is 7. The molecule has 1 saturated heterocycles. The Bertz CT molecular complexity index is 1010. The zero-order chi connectivity index (χ0) is 22.4. The molecule has 1 fully saturated rings. The van der Waals surface area contributed by atoms with Gasteiger partial charge in [-0.3, -0.25) is 9.69 Å². The minimum absolute atomic E-state index is 0.176. The highest BCUT2D eigenvalue weighted by Gasteiger charge is 2.28. The van der Waals surface area contributed by atoms with Crippen LogP contribution in [0.15, 0.2) is 63.0 Å². The fraction of sp³-hybridized carbons (Fsp3) is 0.364. The molecule has 0 spiro atoms. The third-order valence-electron chi connectivity index (χ3n) is 5.16. The first-order valence-electron chi connectivity index (χ1n) is 10.2. The molecule has 2 aromatic carbocycles. The number of hydrazone groups is 1. The first-order valence-corrected chi connectivity index (χ1v) is 12.4. The molecule has 1 heterocycles. The summed E-state index contributed by atoms with van der Waals surface area (Å²) < 4.78 is 27.8. The van der Waals surface area contributed by atoms with Crippen molar-refractivity contribution in [3.05, 3.63) is 64.1 Å². The summed E-state index contributed by atoms with van der Waals surface area (Å²) in [4.78, 5) is 14.4. The number of carbonyl (C=O) groups excluding carboxylic acids is 1. The lowest BCUT2D eigenvalue weighted by Gasteiger charge is -2.33. The average molecular weight is 507 g/mol. The Morgan fingerprint density at radius 1 is 1.06 bits per heavy atom. The van der Waals surface area contributed by atoms with E-state index in [0.717, 1.165) is 10.0 Å². The maximum Gasteiger partial charge on any atom is 0.254 e. The maximum absolute atomic E-state index is 12.8. The number of sulfonamides is 1. The van der Waals surface area contributed by atoms with E-state index in [2.05, 4.69) is 52.4 Å². The van der Waals surface area contributed by atoms with Crippen molar-refractivity contribution in [1.29, 1.82) is 0 Å². The van der Waals surface area contributed by atoms with Crippen LogP contribution in [0.25, 0.3) is 0 Å². The predicted molar refractivity (Wildman–Crippen MR) is 126 cm³/mol. The molecular weight excluding hydrogens is 480 g/mol. The van der Waals surface area contributed by atoms with Crippen LogP contribution < -0.4 is 5.43 Å². The molecule has 0 aliphatic carbocycles. The van der Waals surface area contributed by atoms with Gasteiger partial charge in [0.05, 0.1) is 17.7 Å². The lowest BCUT2D eigenvalue weighted by Crippen LogP contribution is -2.50. The lowest BCUT2D eigenvalue weighted by molar-refractivity contribution is -0.122. The van der Waals surface area contributed by atoms with E-state index in [1.165, 1.54) is 9.87 Å². The molecule has 1 aliphatic rings. The van der Waals surface area contributed by atoms with Crippen LogP contribution in [0.5, 0.6) is 0 Å². The summed E-state index contributed by atoms with van der Waals surface area (Å²) in [6.45, 7) is 6.12. The van der Waals surface area contributed by atoms with Gasteiger partial charge < -0.3 is 0 Å². The van der Waals surface area contributed by atoms with E-state index in [9.17, 15) is 13.2 Å². The lowest BCUT2D eigenvalue weighted by atomic mass is 10.0. The van der Waals surface area contributed by atoms with Gasteiger partial charge in [0.25, 0.3) is 5.91 Å². The van der Waals surface area contributed by atoms with Crippen molar-refractivity contribution >= 4 is 38.1 Å². The van der Waals surface area contributed by atoms with Crippen molar-refractivity contribution in [1.82, 2.24) is 14.6 Å². The fourth-order valence-electron chi connectivity index (χ4n) is 3.27. The van der Waals surface area contributed by atoms with Crippen LogP contribution in [0.1, 0.15) is 30.9 Å². The number of hydrogen-bond donors (Lipinski definition) is 1. The number of nitrogens with one attached hydrogen (secondary N) is 1. The summed E-state index contributed by atoms with van der Waals surface area (Å²) in [5, 5.41) is 4.02. The average Bonchev–Trinajstić information content (AvgIpc) is 2.75. The second-order valence-electron chi connectivity index (χ2n) is 7.75. The van der Waals surface area contributed by atoms with Crippen molar-refractivity contribution in [2.45, 2.75) is 24.7 Å². The summed E-state index contributed by atoms with van der Waals surface area (Å²) in [6, 6.07) is 14.7. The molecule has 0 atom stereocenters. The molecule has 0 radical (unpaired) electrons. The van der Waals surface area contributed by atoms with Gasteiger partial charge in [0, 0.05) is 30.7 Å². The fourth-order valence-corrected chi connectivity index (χ4v) is 4.95. The standard InChI is InChI=1S/C22H27BrN4O3S/c1-17(2)19-5-3-18(4-6-19)15-24-25-22(28)16-26-11-13-27(14-12-26)31(29,30)21-9-7-20(23)8-10-21/h3-10,15,17H,11-14,16H2,1-2H3,(H,25,28)/b24-15+. The molecular formula is C22H27BrN4O3S. The van der Waals surface area contributed by atoms with Gasteiger partial charge in [0.2, 0.25) is 10.0 Å². The van der Waals surface area contributed by atoms with Crippen LogP contribution in [0.4, 0.5) is 0 Å². The second-order valence-corrected chi connectivity index (χ2v) is 10.6. The SMILES string of the molecule is CC(C)c1ccc(/C=N/NC(=O)CN2CCN(S(=O)(=O)c3ccc(Br)cc3)CC2)cc1. The largest absolute Gasteiger partial charge is 0.292 e. The van der Waals surface area contributed by atoms with Crippen molar-refractivity contribution in [2.75, 3.05) is 32.7 Å². The molecule has 0 saturated carbocycles. The Labute approximate surface area is 192 Å². The Balaban J connectivity index is 1.46. The van der Waals surface area contributed by atoms with Crippen molar-refractivity contribution < 1.29 is 13.2 Å². The Kier molecular flexibility index (Phi) is 7.99. The number of carbonyl (C=O) groups is 1. The first-order chi connectivity index (χ1) is 14.8. The zero-order valence-electron chi connectivity index (χ0n) is 17.7. The number of amides is 1. The van der Waals surface area contributed by atoms with Crippen LogP contribution in [0.3, 0.4) is 0 Å². The summed E-state index contributed by atoms with van der Waals surface area (Å²) in [5.74, 6) is 0.246. The molecule has 2 aromatic rings. The van der Waals surface area contributed by atoms with Gasteiger partial charge in [0.15, 0.2) is 0 Å². The predicted octanol–water partition coefficient (Wildman–Crippen LogP) is 3.03. The Morgan fingerprint density at radius 2 is 1.68 bits per heavy atom. The van der Waals surface area contributed by atoms with Crippen molar-refractivity contribution in [3.63, 3.8) is 0 Å². The molecule has 31 heavy (non-hydrogen) atoms. The van der Waals surface area contributed by atoms with Crippen molar-refractivity contribution in [3.8, 4) is 0 Å². The van der Waals surface area contributed by atoms with Crippen molar-refractivity contribution in [2.24, 2.45) is 5.10 Å².